The van der Waals surface area contributed by atoms with Crippen molar-refractivity contribution < 1.29 is 32.0 Å². The molecule has 2 unspecified atom stereocenters. The van der Waals surface area contributed by atoms with Crippen LogP contribution in [0.2, 0.25) is 0 Å². The van der Waals surface area contributed by atoms with Gasteiger partial charge in [-0.15, -0.1) is 4.72 Å². The lowest BCUT2D eigenvalue weighted by Crippen LogP contribution is -2.44. The van der Waals surface area contributed by atoms with E-state index in [0.29, 0.717) is 6.29 Å². The molecule has 1 N–H and O–H groups in total. The average Bonchev–Trinajstić information content (AvgIpc) is 2.55. The van der Waals surface area contributed by atoms with Crippen molar-refractivity contribution in [3.63, 3.8) is 0 Å². The van der Waals surface area contributed by atoms with Gasteiger partial charge in [0.05, 0.1) is 31.2 Å². The summed E-state index contributed by atoms with van der Waals surface area (Å²) in [5.74, 6) is -0.843. The van der Waals surface area contributed by atoms with E-state index in [9.17, 15) is 22.5 Å². The van der Waals surface area contributed by atoms with E-state index >= 15 is 0 Å². The van der Waals surface area contributed by atoms with Crippen molar-refractivity contribution in [1.29, 1.82) is 0 Å². The summed E-state index contributed by atoms with van der Waals surface area (Å²) in [4.78, 5) is 11.5. The van der Waals surface area contributed by atoms with E-state index in [1.807, 2.05) is 0 Å². The van der Waals surface area contributed by atoms with Crippen LogP contribution >= 0.6 is 0 Å². The Bertz CT molecular complexity index is 605. The normalized spacial score (nSPS) is 16.0. The molecule has 1 aromatic carbocycles. The highest BCUT2D eigenvalue weighted by molar-refractivity contribution is 7.90. The minimum Gasteiger partial charge on any atom is -0.598 e. The van der Waals surface area contributed by atoms with Crippen LogP contribution in [0.5, 0.6) is 5.75 Å². The summed E-state index contributed by atoms with van der Waals surface area (Å²) in [6, 6.07) is 2.24. The molecule has 0 amide bonds. The Hall–Kier alpha value is -1.29. The Morgan fingerprint density at radius 2 is 1.85 bits per heavy atom. The second-order valence-corrected chi connectivity index (χ2v) is 8.72. The van der Waals surface area contributed by atoms with Crippen LogP contribution in [-0.2, 0) is 27.1 Å². The van der Waals surface area contributed by atoms with Crippen molar-refractivity contribution in [3.8, 4) is 5.75 Å². The van der Waals surface area contributed by atoms with Gasteiger partial charge in [-0.1, -0.05) is 0 Å². The molecule has 0 aliphatic heterocycles. The van der Waals surface area contributed by atoms with E-state index in [1.165, 1.54) is 20.3 Å². The molecule has 3 atom stereocenters. The van der Waals surface area contributed by atoms with Crippen LogP contribution in [0.4, 0.5) is 13.2 Å². The maximum absolute atomic E-state index is 13.2. The van der Waals surface area contributed by atoms with E-state index < -0.39 is 39.8 Å². The standard InChI is InChI=1S/C17H24F3NO4S/c1-16(2,3)26(23)21-15(12(9-22)10-24-4)11-6-13(17(18,19)20)8-14(7-11)25-5/h6-9,12,15,21H,10H2,1-5H3/t12?,15-,26?/m1/s1. The molecule has 5 nitrogen and oxygen atoms in total. The van der Waals surface area contributed by atoms with E-state index in [4.69, 9.17) is 9.47 Å². The monoisotopic (exact) mass is 395 g/mol. The highest BCUT2D eigenvalue weighted by Gasteiger charge is 2.36. The van der Waals surface area contributed by atoms with E-state index in [2.05, 4.69) is 4.72 Å². The third-order valence-electron chi connectivity index (χ3n) is 3.60. The molecular weight excluding hydrogens is 371 g/mol. The maximum Gasteiger partial charge on any atom is 0.416 e. The summed E-state index contributed by atoms with van der Waals surface area (Å²) in [7, 11) is 2.63. The molecule has 0 heterocycles. The van der Waals surface area contributed by atoms with Crippen molar-refractivity contribution in [3.05, 3.63) is 29.3 Å². The van der Waals surface area contributed by atoms with Gasteiger partial charge in [0.1, 0.15) is 16.8 Å². The first-order chi connectivity index (χ1) is 11.9. The Morgan fingerprint density at radius 1 is 1.23 bits per heavy atom. The minimum absolute atomic E-state index is 0.00904. The Morgan fingerprint density at radius 3 is 2.27 bits per heavy atom. The average molecular weight is 395 g/mol. The van der Waals surface area contributed by atoms with Gasteiger partial charge in [0.25, 0.3) is 0 Å². The maximum atomic E-state index is 13.2. The van der Waals surface area contributed by atoms with Crippen molar-refractivity contribution in [2.24, 2.45) is 5.92 Å². The van der Waals surface area contributed by atoms with Crippen LogP contribution in [0.25, 0.3) is 0 Å². The topological polar surface area (TPSA) is 70.6 Å². The number of carbonyl (C=O) groups is 1. The van der Waals surface area contributed by atoms with Crippen molar-refractivity contribution in [2.75, 3.05) is 20.8 Å². The lowest BCUT2D eigenvalue weighted by molar-refractivity contribution is -0.137. The fourth-order valence-corrected chi connectivity index (χ4v) is 3.08. The van der Waals surface area contributed by atoms with Gasteiger partial charge < -0.3 is 18.8 Å². The number of carbonyl (C=O) groups excluding carboxylic acids is 1. The lowest BCUT2D eigenvalue weighted by atomic mass is 9.94. The number of hydrogen-bond acceptors (Lipinski definition) is 5. The van der Waals surface area contributed by atoms with Gasteiger partial charge in [-0.05, 0) is 44.5 Å². The summed E-state index contributed by atoms with van der Waals surface area (Å²) < 4.78 is 64.2. The van der Waals surface area contributed by atoms with Gasteiger partial charge in [-0.25, -0.2) is 0 Å². The number of hydrogen-bond donors (Lipinski definition) is 1. The second-order valence-electron chi connectivity index (χ2n) is 6.72. The van der Waals surface area contributed by atoms with Gasteiger partial charge in [-0.3, -0.25) is 0 Å². The summed E-state index contributed by atoms with van der Waals surface area (Å²) in [5, 5.41) is 0. The number of methoxy groups -OCH3 is 2. The molecular formula is C17H24F3NO4S. The molecule has 0 spiro atoms. The molecule has 0 radical (unpaired) electrons. The van der Waals surface area contributed by atoms with E-state index in [0.717, 1.165) is 12.1 Å². The third-order valence-corrected chi connectivity index (χ3v) is 5.18. The number of nitrogens with one attached hydrogen (secondary N) is 1. The zero-order valence-corrected chi connectivity index (χ0v) is 16.2. The molecule has 148 valence electrons. The first-order valence-corrected chi connectivity index (χ1v) is 8.97. The fourth-order valence-electron chi connectivity index (χ4n) is 2.18. The molecule has 0 fully saturated rings. The zero-order valence-electron chi connectivity index (χ0n) is 15.3. The summed E-state index contributed by atoms with van der Waals surface area (Å²) in [5.41, 5.74) is -0.773. The van der Waals surface area contributed by atoms with Crippen LogP contribution < -0.4 is 9.46 Å². The summed E-state index contributed by atoms with van der Waals surface area (Å²) in [6.45, 7) is 5.10. The second kappa shape index (κ2) is 9.07. The number of halogens is 3. The largest absolute Gasteiger partial charge is 0.598 e. The van der Waals surface area contributed by atoms with Gasteiger partial charge in [0.15, 0.2) is 0 Å². The molecule has 9 heteroatoms. The number of aldehydes is 1. The lowest BCUT2D eigenvalue weighted by Gasteiger charge is -2.30. The number of benzene rings is 1. The fraction of sp³-hybridized carbons (Fsp3) is 0.588. The zero-order chi connectivity index (χ0) is 20.1. The van der Waals surface area contributed by atoms with Crippen LogP contribution in [0.15, 0.2) is 18.2 Å². The third kappa shape index (κ3) is 6.15. The van der Waals surface area contributed by atoms with Crippen LogP contribution in [-0.4, -0.2) is 36.4 Å². The molecule has 26 heavy (non-hydrogen) atoms. The summed E-state index contributed by atoms with van der Waals surface area (Å²) >= 11 is -1.62. The van der Waals surface area contributed by atoms with Crippen LogP contribution in [0.3, 0.4) is 0 Å². The predicted molar refractivity (Wildman–Crippen MR) is 93.2 cm³/mol. The SMILES string of the molecule is COCC(C=O)[C@H](N[S+]([O-])C(C)(C)C)c1cc(OC)cc(C(F)(F)F)c1. The molecule has 0 bridgehead atoms. The molecule has 1 rings (SSSR count). The molecule has 1 aromatic rings. The van der Waals surface area contributed by atoms with Gasteiger partial charge >= 0.3 is 6.18 Å². The number of rotatable bonds is 8. The number of ether oxygens (including phenoxy) is 2. The number of alkyl halides is 3. The Kier molecular flexibility index (Phi) is 7.94. The van der Waals surface area contributed by atoms with Gasteiger partial charge in [0, 0.05) is 18.5 Å². The Balaban J connectivity index is 3.43. The first kappa shape index (κ1) is 22.8. The van der Waals surface area contributed by atoms with Crippen molar-refractivity contribution in [2.45, 2.75) is 37.7 Å². The minimum atomic E-state index is -4.59. The highest BCUT2D eigenvalue weighted by atomic mass is 32.2. The van der Waals surface area contributed by atoms with Crippen molar-refractivity contribution >= 4 is 17.6 Å². The van der Waals surface area contributed by atoms with Crippen LogP contribution in [0.1, 0.15) is 37.9 Å². The predicted octanol–water partition coefficient (Wildman–Crippen LogP) is 3.27. The van der Waals surface area contributed by atoms with Gasteiger partial charge in [-0.2, -0.15) is 13.2 Å². The quantitative estimate of drug-likeness (QED) is 0.540. The van der Waals surface area contributed by atoms with Gasteiger partial charge in [0.2, 0.25) is 0 Å². The van der Waals surface area contributed by atoms with E-state index in [-0.39, 0.29) is 17.9 Å². The van der Waals surface area contributed by atoms with E-state index in [1.54, 1.807) is 20.8 Å². The Labute approximate surface area is 154 Å². The molecule has 0 saturated carbocycles. The molecule has 0 aliphatic carbocycles. The smallest absolute Gasteiger partial charge is 0.416 e. The first-order valence-electron chi connectivity index (χ1n) is 7.82. The summed E-state index contributed by atoms with van der Waals surface area (Å²) in [6.07, 6.45) is -4.01. The molecule has 0 aliphatic rings. The van der Waals surface area contributed by atoms with Crippen molar-refractivity contribution in [1.82, 2.24) is 4.72 Å². The molecule has 0 aromatic heterocycles. The molecule has 0 saturated heterocycles. The highest BCUT2D eigenvalue weighted by Crippen LogP contribution is 2.36. The van der Waals surface area contributed by atoms with Crippen LogP contribution in [0, 0.1) is 5.92 Å².